The number of phenols is 1. The summed E-state index contributed by atoms with van der Waals surface area (Å²) in [5.74, 6) is -0.834. The third-order valence-corrected chi connectivity index (χ3v) is 4.04. The molecule has 98 valence electrons. The van der Waals surface area contributed by atoms with Crippen LogP contribution in [0.15, 0.2) is 6.07 Å². The van der Waals surface area contributed by atoms with Crippen molar-refractivity contribution in [3.8, 4) is 5.75 Å². The Bertz CT molecular complexity index is 506. The van der Waals surface area contributed by atoms with Crippen molar-refractivity contribution in [1.82, 2.24) is 0 Å². The largest absolute Gasteiger partial charge is 0.506 e. The minimum atomic E-state index is -0.879. The lowest BCUT2D eigenvalue weighted by Gasteiger charge is -2.25. The fourth-order valence-corrected chi connectivity index (χ4v) is 2.99. The molecule has 0 saturated carbocycles. The minimum Gasteiger partial charge on any atom is -0.506 e. The summed E-state index contributed by atoms with van der Waals surface area (Å²) in [7, 11) is 0. The first-order chi connectivity index (χ1) is 8.33. The van der Waals surface area contributed by atoms with Crippen LogP contribution in [0, 0.1) is 0 Å². The summed E-state index contributed by atoms with van der Waals surface area (Å²) in [5.41, 5.74) is 2.17. The molecule has 4 heteroatoms. The molecule has 0 amide bonds. The Morgan fingerprint density at radius 1 is 1.44 bits per heavy atom. The van der Waals surface area contributed by atoms with Gasteiger partial charge >= 0.3 is 5.97 Å². The molecule has 0 radical (unpaired) electrons. The zero-order valence-corrected chi connectivity index (χ0v) is 11.3. The van der Waals surface area contributed by atoms with Crippen molar-refractivity contribution >= 4 is 17.6 Å². The summed E-state index contributed by atoms with van der Waals surface area (Å²) in [6, 6.07) is 1.92. The minimum absolute atomic E-state index is 0.0321. The number of rotatable bonds is 3. The number of aliphatic carboxylic acids is 1. The summed E-state index contributed by atoms with van der Waals surface area (Å²) in [6.45, 7) is 3.63. The van der Waals surface area contributed by atoms with Gasteiger partial charge < -0.3 is 10.2 Å². The van der Waals surface area contributed by atoms with Gasteiger partial charge in [-0.05, 0) is 30.4 Å². The van der Waals surface area contributed by atoms with Crippen LogP contribution in [0.5, 0.6) is 5.75 Å². The van der Waals surface area contributed by atoms with Gasteiger partial charge in [-0.25, -0.2) is 0 Å². The van der Waals surface area contributed by atoms with Gasteiger partial charge in [-0.2, -0.15) is 0 Å². The van der Waals surface area contributed by atoms with E-state index in [0.29, 0.717) is 10.6 Å². The Morgan fingerprint density at radius 3 is 2.72 bits per heavy atom. The van der Waals surface area contributed by atoms with E-state index in [4.69, 9.17) is 16.7 Å². The second kappa shape index (κ2) is 4.47. The highest BCUT2D eigenvalue weighted by Gasteiger charge is 2.31. The molecule has 0 bridgehead atoms. The number of aromatic hydroxyl groups is 1. The maximum atomic E-state index is 10.9. The lowest BCUT2D eigenvalue weighted by molar-refractivity contribution is -0.138. The van der Waals surface area contributed by atoms with E-state index in [0.717, 1.165) is 30.4 Å². The summed E-state index contributed by atoms with van der Waals surface area (Å²) < 4.78 is 0. The van der Waals surface area contributed by atoms with Crippen molar-refractivity contribution in [3.63, 3.8) is 0 Å². The molecule has 1 aliphatic carbocycles. The maximum absolute atomic E-state index is 10.9. The molecule has 18 heavy (non-hydrogen) atoms. The molecule has 0 atom stereocenters. The molecule has 0 fully saturated rings. The van der Waals surface area contributed by atoms with E-state index in [1.165, 1.54) is 0 Å². The van der Waals surface area contributed by atoms with Crippen molar-refractivity contribution in [1.29, 1.82) is 0 Å². The predicted octanol–water partition coefficient (Wildman–Crippen LogP) is 3.29. The van der Waals surface area contributed by atoms with E-state index in [9.17, 15) is 9.90 Å². The summed E-state index contributed by atoms with van der Waals surface area (Å²) in [4.78, 5) is 10.9. The fraction of sp³-hybridized carbons (Fsp3) is 0.500. The highest BCUT2D eigenvalue weighted by Crippen LogP contribution is 2.43. The fourth-order valence-electron chi connectivity index (χ4n) is 2.67. The van der Waals surface area contributed by atoms with Crippen LogP contribution in [0.3, 0.4) is 0 Å². The molecule has 0 spiro atoms. The Labute approximate surface area is 111 Å². The molecule has 1 aromatic carbocycles. The number of halogens is 1. The highest BCUT2D eigenvalue weighted by atomic mass is 35.5. The van der Waals surface area contributed by atoms with Crippen LogP contribution in [-0.4, -0.2) is 16.2 Å². The zero-order valence-electron chi connectivity index (χ0n) is 10.6. The van der Waals surface area contributed by atoms with Crippen molar-refractivity contribution in [2.75, 3.05) is 0 Å². The maximum Gasteiger partial charge on any atom is 0.304 e. The van der Waals surface area contributed by atoms with Crippen molar-refractivity contribution in [2.24, 2.45) is 0 Å². The van der Waals surface area contributed by atoms with Gasteiger partial charge in [0.15, 0.2) is 0 Å². The molecule has 0 unspecified atom stereocenters. The molecular formula is C14H17ClO3. The number of benzene rings is 1. The molecular weight excluding hydrogens is 252 g/mol. The zero-order chi connectivity index (χ0) is 13.5. The number of hydrogen-bond acceptors (Lipinski definition) is 2. The van der Waals surface area contributed by atoms with Gasteiger partial charge in [-0.3, -0.25) is 4.79 Å². The van der Waals surface area contributed by atoms with Crippen LogP contribution >= 0.6 is 11.6 Å². The van der Waals surface area contributed by atoms with Gasteiger partial charge in [-0.1, -0.05) is 31.5 Å². The Hall–Kier alpha value is -1.22. The molecule has 2 rings (SSSR count). The molecule has 0 aromatic heterocycles. The summed E-state index contributed by atoms with van der Waals surface area (Å²) in [5, 5.41) is 19.5. The van der Waals surface area contributed by atoms with Gasteiger partial charge in [0.05, 0.1) is 11.4 Å². The van der Waals surface area contributed by atoms with Gasteiger partial charge in [0.1, 0.15) is 5.75 Å². The van der Waals surface area contributed by atoms with Gasteiger partial charge in [0.25, 0.3) is 0 Å². The smallest absolute Gasteiger partial charge is 0.304 e. The first-order valence-electron chi connectivity index (χ1n) is 6.08. The number of carboxylic acid groups (broad SMARTS) is 1. The lowest BCUT2D eigenvalue weighted by atomic mass is 9.80. The van der Waals surface area contributed by atoms with E-state index in [2.05, 4.69) is 0 Å². The number of phenolic OH excluding ortho intramolecular Hbond substituents is 1. The summed E-state index contributed by atoms with van der Waals surface area (Å²) in [6.07, 6.45) is 2.85. The first-order valence-corrected chi connectivity index (χ1v) is 6.46. The third-order valence-electron chi connectivity index (χ3n) is 3.63. The van der Waals surface area contributed by atoms with E-state index >= 15 is 0 Å². The topological polar surface area (TPSA) is 57.5 Å². The van der Waals surface area contributed by atoms with Crippen molar-refractivity contribution < 1.29 is 15.0 Å². The Morgan fingerprint density at radius 2 is 2.11 bits per heavy atom. The average Bonchev–Trinajstić information content (AvgIpc) is 2.69. The van der Waals surface area contributed by atoms with E-state index in [1.54, 1.807) is 0 Å². The van der Waals surface area contributed by atoms with Crippen LogP contribution in [-0.2, 0) is 23.1 Å². The Kier molecular flexibility index (Phi) is 3.28. The predicted molar refractivity (Wildman–Crippen MR) is 70.4 cm³/mol. The second-order valence-corrected chi connectivity index (χ2v) is 5.91. The first kappa shape index (κ1) is 13.2. The number of fused-ring (bicyclic) bond motifs is 1. The number of hydrogen-bond donors (Lipinski definition) is 2. The van der Waals surface area contributed by atoms with Gasteiger partial charge in [0, 0.05) is 11.0 Å². The SMILES string of the molecule is CC(C)(CC(=O)O)c1cc2c(c(Cl)c1O)CCC2. The quantitative estimate of drug-likeness (QED) is 0.884. The van der Waals surface area contributed by atoms with Crippen molar-refractivity contribution in [3.05, 3.63) is 27.8 Å². The molecule has 2 N–H and O–H groups in total. The highest BCUT2D eigenvalue weighted by molar-refractivity contribution is 6.33. The average molecular weight is 269 g/mol. The second-order valence-electron chi connectivity index (χ2n) is 5.53. The van der Waals surface area contributed by atoms with E-state index in [-0.39, 0.29) is 12.2 Å². The van der Waals surface area contributed by atoms with Gasteiger partial charge in [-0.15, -0.1) is 0 Å². The molecule has 0 saturated heterocycles. The molecule has 0 aliphatic heterocycles. The van der Waals surface area contributed by atoms with Crippen LogP contribution < -0.4 is 0 Å². The van der Waals surface area contributed by atoms with Crippen LogP contribution in [0.25, 0.3) is 0 Å². The number of aryl methyl sites for hydroxylation is 1. The van der Waals surface area contributed by atoms with Crippen molar-refractivity contribution in [2.45, 2.75) is 44.9 Å². The number of carbonyl (C=O) groups is 1. The van der Waals surface area contributed by atoms with Crippen LogP contribution in [0.2, 0.25) is 5.02 Å². The van der Waals surface area contributed by atoms with Crippen LogP contribution in [0.1, 0.15) is 43.4 Å². The standard InChI is InChI=1S/C14H17ClO3/c1-14(2,7-11(16)17)10-6-8-4-3-5-9(8)12(15)13(10)18/h6,18H,3-5,7H2,1-2H3,(H,16,17). The van der Waals surface area contributed by atoms with E-state index < -0.39 is 11.4 Å². The molecule has 3 nitrogen and oxygen atoms in total. The Balaban J connectivity index is 2.52. The third kappa shape index (κ3) is 2.19. The molecule has 1 aromatic rings. The van der Waals surface area contributed by atoms with Crippen LogP contribution in [0.4, 0.5) is 0 Å². The van der Waals surface area contributed by atoms with Gasteiger partial charge in [0.2, 0.25) is 0 Å². The molecule has 1 aliphatic rings. The molecule has 0 heterocycles. The normalized spacial score (nSPS) is 14.6. The number of carboxylic acids is 1. The van der Waals surface area contributed by atoms with E-state index in [1.807, 2.05) is 19.9 Å². The lowest BCUT2D eigenvalue weighted by Crippen LogP contribution is -2.22. The summed E-state index contributed by atoms with van der Waals surface area (Å²) >= 11 is 6.19. The monoisotopic (exact) mass is 268 g/mol.